The van der Waals surface area contributed by atoms with Gasteiger partial charge >= 0.3 is 0 Å². The van der Waals surface area contributed by atoms with E-state index in [4.69, 9.17) is 13.9 Å². The molecule has 0 bridgehead atoms. The highest BCUT2D eigenvalue weighted by atomic mass is 32.2. The van der Waals surface area contributed by atoms with E-state index in [0.717, 1.165) is 23.7 Å². The summed E-state index contributed by atoms with van der Waals surface area (Å²) in [5.74, 6) is 3.37. The Bertz CT molecular complexity index is 1040. The molecule has 1 aliphatic rings. The molecule has 1 N–H and O–H groups in total. The van der Waals surface area contributed by atoms with Crippen molar-refractivity contribution in [3.63, 3.8) is 0 Å². The van der Waals surface area contributed by atoms with Crippen LogP contribution in [-0.4, -0.2) is 39.6 Å². The van der Waals surface area contributed by atoms with Gasteiger partial charge in [0, 0.05) is 18.3 Å². The normalized spacial score (nSPS) is 12.9. The molecule has 0 radical (unpaired) electrons. The summed E-state index contributed by atoms with van der Waals surface area (Å²) in [6.07, 6.45) is 1.65. The van der Waals surface area contributed by atoms with E-state index in [1.54, 1.807) is 24.5 Å². The Morgan fingerprint density at radius 3 is 2.73 bits per heavy atom. The van der Waals surface area contributed by atoms with Crippen molar-refractivity contribution in [3.05, 3.63) is 36.3 Å². The standard InChI is InChI=1S/C21H24N4O4S/c1-13(2)11-25-20(16-6-7-27-14(16)3)23-24-21(25)30-12-19(26)22-15-4-5-17-18(10-15)29-9-8-28-17/h4-7,10,13H,8-9,11-12H2,1-3H3,(H,22,26). The van der Waals surface area contributed by atoms with Gasteiger partial charge in [-0.05, 0) is 31.0 Å². The second kappa shape index (κ2) is 8.83. The molecule has 30 heavy (non-hydrogen) atoms. The summed E-state index contributed by atoms with van der Waals surface area (Å²) in [5.41, 5.74) is 1.58. The summed E-state index contributed by atoms with van der Waals surface area (Å²) in [5, 5.41) is 12.3. The zero-order valence-corrected chi connectivity index (χ0v) is 18.0. The third kappa shape index (κ3) is 4.46. The lowest BCUT2D eigenvalue weighted by Gasteiger charge is -2.19. The monoisotopic (exact) mass is 428 g/mol. The molecule has 0 spiro atoms. The smallest absolute Gasteiger partial charge is 0.234 e. The molecule has 0 fully saturated rings. The van der Waals surface area contributed by atoms with Crippen molar-refractivity contribution in [3.8, 4) is 22.9 Å². The number of hydrogen-bond acceptors (Lipinski definition) is 7. The van der Waals surface area contributed by atoms with Gasteiger partial charge in [0.05, 0.1) is 17.6 Å². The summed E-state index contributed by atoms with van der Waals surface area (Å²) in [7, 11) is 0. The quantitative estimate of drug-likeness (QED) is 0.569. The number of rotatable bonds is 7. The van der Waals surface area contributed by atoms with Gasteiger partial charge in [-0.3, -0.25) is 4.79 Å². The predicted octanol–water partition coefficient (Wildman–Crippen LogP) is 4.00. The van der Waals surface area contributed by atoms with Crippen LogP contribution in [-0.2, 0) is 11.3 Å². The van der Waals surface area contributed by atoms with E-state index in [1.165, 1.54) is 11.8 Å². The Morgan fingerprint density at radius 1 is 1.20 bits per heavy atom. The number of hydrogen-bond donors (Lipinski definition) is 1. The van der Waals surface area contributed by atoms with Crippen molar-refractivity contribution in [1.29, 1.82) is 0 Å². The van der Waals surface area contributed by atoms with Gasteiger partial charge in [0.1, 0.15) is 19.0 Å². The minimum atomic E-state index is -0.128. The molecule has 3 heterocycles. The van der Waals surface area contributed by atoms with Gasteiger partial charge < -0.3 is 23.8 Å². The molecule has 2 aromatic heterocycles. The fourth-order valence-corrected chi connectivity index (χ4v) is 3.94. The van der Waals surface area contributed by atoms with Crippen LogP contribution in [0, 0.1) is 12.8 Å². The molecule has 4 rings (SSSR count). The second-order valence-electron chi connectivity index (χ2n) is 7.40. The first kappa shape index (κ1) is 20.3. The topological polar surface area (TPSA) is 91.4 Å². The van der Waals surface area contributed by atoms with E-state index in [-0.39, 0.29) is 11.7 Å². The van der Waals surface area contributed by atoms with Gasteiger partial charge in [-0.15, -0.1) is 10.2 Å². The Hall–Kier alpha value is -2.94. The summed E-state index contributed by atoms with van der Waals surface area (Å²) < 4.78 is 18.5. The van der Waals surface area contributed by atoms with Crippen molar-refractivity contribution >= 4 is 23.4 Å². The van der Waals surface area contributed by atoms with Crippen LogP contribution < -0.4 is 14.8 Å². The van der Waals surface area contributed by atoms with Crippen molar-refractivity contribution in [2.45, 2.75) is 32.5 Å². The van der Waals surface area contributed by atoms with Gasteiger partial charge in [-0.1, -0.05) is 25.6 Å². The average Bonchev–Trinajstić information content (AvgIpc) is 3.31. The van der Waals surface area contributed by atoms with E-state index >= 15 is 0 Å². The summed E-state index contributed by atoms with van der Waals surface area (Å²) in [4.78, 5) is 12.5. The minimum Gasteiger partial charge on any atom is -0.486 e. The first-order valence-electron chi connectivity index (χ1n) is 9.81. The van der Waals surface area contributed by atoms with Gasteiger partial charge in [0.15, 0.2) is 22.5 Å². The number of thioether (sulfide) groups is 1. The van der Waals surface area contributed by atoms with Crippen LogP contribution in [0.3, 0.4) is 0 Å². The average molecular weight is 429 g/mol. The van der Waals surface area contributed by atoms with Crippen LogP contribution in [0.4, 0.5) is 5.69 Å². The van der Waals surface area contributed by atoms with Gasteiger partial charge in [0.2, 0.25) is 5.91 Å². The van der Waals surface area contributed by atoms with E-state index in [1.807, 2.05) is 17.6 Å². The SMILES string of the molecule is Cc1occc1-c1nnc(SCC(=O)Nc2ccc3c(c2)OCCO3)n1CC(C)C. The van der Waals surface area contributed by atoms with Crippen LogP contribution in [0.15, 0.2) is 40.1 Å². The first-order valence-corrected chi connectivity index (χ1v) is 10.8. The van der Waals surface area contributed by atoms with Crippen molar-refractivity contribution in [2.75, 3.05) is 24.3 Å². The summed E-state index contributed by atoms with van der Waals surface area (Å²) >= 11 is 1.36. The maximum atomic E-state index is 12.5. The number of aromatic nitrogens is 3. The van der Waals surface area contributed by atoms with Crippen molar-refractivity contribution < 1.29 is 18.7 Å². The Morgan fingerprint density at radius 2 is 2.00 bits per heavy atom. The van der Waals surface area contributed by atoms with E-state index in [2.05, 4.69) is 29.4 Å². The van der Waals surface area contributed by atoms with Crippen LogP contribution in [0.5, 0.6) is 11.5 Å². The highest BCUT2D eigenvalue weighted by Crippen LogP contribution is 2.33. The van der Waals surface area contributed by atoms with Crippen LogP contribution in [0.25, 0.3) is 11.4 Å². The van der Waals surface area contributed by atoms with Crippen molar-refractivity contribution in [1.82, 2.24) is 14.8 Å². The lowest BCUT2D eigenvalue weighted by Crippen LogP contribution is -2.17. The molecule has 3 aromatic rings. The number of nitrogens with zero attached hydrogens (tertiary/aromatic N) is 3. The Balaban J connectivity index is 1.45. The van der Waals surface area contributed by atoms with Crippen LogP contribution >= 0.6 is 11.8 Å². The second-order valence-corrected chi connectivity index (χ2v) is 8.34. The molecular formula is C21H24N4O4S. The third-order valence-electron chi connectivity index (χ3n) is 4.52. The van der Waals surface area contributed by atoms with Crippen LogP contribution in [0.2, 0.25) is 0 Å². The number of amides is 1. The van der Waals surface area contributed by atoms with Crippen LogP contribution in [0.1, 0.15) is 19.6 Å². The first-order chi connectivity index (χ1) is 14.5. The molecule has 0 saturated carbocycles. The molecule has 0 atom stereocenters. The largest absolute Gasteiger partial charge is 0.486 e. The number of nitrogens with one attached hydrogen (secondary N) is 1. The number of carbonyl (C=O) groups excluding carboxylic acids is 1. The number of fused-ring (bicyclic) bond motifs is 1. The fraction of sp³-hybridized carbons (Fsp3) is 0.381. The Labute approximate surface area is 179 Å². The van der Waals surface area contributed by atoms with E-state index < -0.39 is 0 Å². The highest BCUT2D eigenvalue weighted by molar-refractivity contribution is 7.99. The number of ether oxygens (including phenoxy) is 2. The molecule has 9 heteroatoms. The van der Waals surface area contributed by atoms with Gasteiger partial charge in [-0.25, -0.2) is 0 Å². The van der Waals surface area contributed by atoms with Crippen molar-refractivity contribution in [2.24, 2.45) is 5.92 Å². The lowest BCUT2D eigenvalue weighted by molar-refractivity contribution is -0.113. The number of carbonyl (C=O) groups is 1. The zero-order chi connectivity index (χ0) is 21.1. The molecule has 1 aromatic carbocycles. The number of anilines is 1. The van der Waals surface area contributed by atoms with E-state index in [9.17, 15) is 4.79 Å². The fourth-order valence-electron chi connectivity index (χ4n) is 3.19. The molecular weight excluding hydrogens is 404 g/mol. The molecule has 0 unspecified atom stereocenters. The highest BCUT2D eigenvalue weighted by Gasteiger charge is 2.19. The van der Waals surface area contributed by atoms with E-state index in [0.29, 0.717) is 41.5 Å². The maximum absolute atomic E-state index is 12.5. The molecule has 1 aliphatic heterocycles. The minimum absolute atomic E-state index is 0.128. The molecule has 0 aliphatic carbocycles. The Kier molecular flexibility index (Phi) is 5.98. The summed E-state index contributed by atoms with van der Waals surface area (Å²) in [6, 6.07) is 7.27. The number of benzene rings is 1. The van der Waals surface area contributed by atoms with Gasteiger partial charge in [-0.2, -0.15) is 0 Å². The third-order valence-corrected chi connectivity index (χ3v) is 5.49. The molecule has 8 nitrogen and oxygen atoms in total. The number of aryl methyl sites for hydroxylation is 1. The lowest BCUT2D eigenvalue weighted by atomic mass is 10.2. The zero-order valence-electron chi connectivity index (χ0n) is 17.2. The molecule has 158 valence electrons. The maximum Gasteiger partial charge on any atom is 0.234 e. The molecule has 1 amide bonds. The molecule has 0 saturated heterocycles. The summed E-state index contributed by atoms with van der Waals surface area (Å²) in [6.45, 7) is 7.96. The van der Waals surface area contributed by atoms with Gasteiger partial charge in [0.25, 0.3) is 0 Å². The predicted molar refractivity (Wildman–Crippen MR) is 114 cm³/mol. The number of furan rings is 1.